The van der Waals surface area contributed by atoms with E-state index in [9.17, 15) is 0 Å². The highest BCUT2D eigenvalue weighted by Crippen LogP contribution is 2.44. The molecule has 0 amide bonds. The lowest BCUT2D eigenvalue weighted by Crippen LogP contribution is -2.00. The van der Waals surface area contributed by atoms with Crippen LogP contribution < -0.4 is 0 Å². The van der Waals surface area contributed by atoms with E-state index < -0.39 is 0 Å². The fourth-order valence-electron chi connectivity index (χ4n) is 6.07. The Hall–Kier alpha value is -5.65. The lowest BCUT2D eigenvalue weighted by Gasteiger charge is -2.09. The van der Waals surface area contributed by atoms with E-state index in [4.69, 9.17) is 19.4 Å². The molecule has 44 heavy (non-hydrogen) atoms. The van der Waals surface area contributed by atoms with E-state index in [1.54, 1.807) is 0 Å². The van der Waals surface area contributed by atoms with Gasteiger partial charge in [-0.3, -0.25) is 0 Å². The third-order valence-corrected chi connectivity index (χ3v) is 9.29. The molecule has 0 aliphatic heterocycles. The molecule has 206 valence electrons. The molecule has 9 aromatic rings. The number of benzene rings is 6. The van der Waals surface area contributed by atoms with Crippen LogP contribution >= 0.6 is 11.3 Å². The van der Waals surface area contributed by atoms with Crippen molar-refractivity contribution in [3.8, 4) is 45.3 Å². The van der Waals surface area contributed by atoms with E-state index in [-0.39, 0.29) is 0 Å². The number of fused-ring (bicyclic) bond motifs is 7. The number of furan rings is 1. The van der Waals surface area contributed by atoms with E-state index in [1.165, 1.54) is 25.6 Å². The van der Waals surface area contributed by atoms with Crippen LogP contribution in [0.15, 0.2) is 144 Å². The van der Waals surface area contributed by atoms with Crippen LogP contribution in [0.1, 0.15) is 0 Å². The monoisotopic (exact) mass is 581 g/mol. The molecular weight excluding hydrogens is 559 g/mol. The number of thiophene rings is 1. The largest absolute Gasteiger partial charge is 0.455 e. The summed E-state index contributed by atoms with van der Waals surface area (Å²) in [6.07, 6.45) is 0. The van der Waals surface area contributed by atoms with Gasteiger partial charge in [-0.25, -0.2) is 15.0 Å². The van der Waals surface area contributed by atoms with E-state index >= 15 is 0 Å². The summed E-state index contributed by atoms with van der Waals surface area (Å²) in [6.45, 7) is 0. The van der Waals surface area contributed by atoms with Gasteiger partial charge < -0.3 is 4.42 Å². The van der Waals surface area contributed by atoms with Gasteiger partial charge in [-0.05, 0) is 23.8 Å². The Morgan fingerprint density at radius 1 is 0.409 bits per heavy atom. The molecule has 0 aliphatic rings. The minimum absolute atomic E-state index is 0.637. The molecule has 0 fully saturated rings. The van der Waals surface area contributed by atoms with Crippen molar-refractivity contribution in [3.05, 3.63) is 140 Å². The maximum atomic E-state index is 6.58. The van der Waals surface area contributed by atoms with Gasteiger partial charge in [0.2, 0.25) is 0 Å². The molecule has 0 radical (unpaired) electrons. The van der Waals surface area contributed by atoms with Gasteiger partial charge in [0.1, 0.15) is 11.2 Å². The highest BCUT2D eigenvalue weighted by atomic mass is 32.1. The SMILES string of the molecule is c1ccc(-c2nc(-c3ccccc3)nc(-c3ccc(-c4cccc5c4oc4ccc6sc7ccccc7c6c45)cc3)n2)cc1. The van der Waals surface area contributed by atoms with Crippen LogP contribution in [-0.4, -0.2) is 15.0 Å². The van der Waals surface area contributed by atoms with Gasteiger partial charge in [-0.1, -0.05) is 121 Å². The minimum Gasteiger partial charge on any atom is -0.455 e. The van der Waals surface area contributed by atoms with Crippen LogP contribution in [0, 0.1) is 0 Å². The van der Waals surface area contributed by atoms with Crippen molar-refractivity contribution < 1.29 is 4.42 Å². The lowest BCUT2D eigenvalue weighted by atomic mass is 9.99. The predicted octanol–water partition coefficient (Wildman–Crippen LogP) is 10.8. The smallest absolute Gasteiger partial charge is 0.164 e. The third kappa shape index (κ3) is 4.02. The van der Waals surface area contributed by atoms with Crippen molar-refractivity contribution in [2.45, 2.75) is 0 Å². The molecule has 0 bridgehead atoms. The second kappa shape index (κ2) is 9.97. The Balaban J connectivity index is 1.17. The normalized spacial score (nSPS) is 11.6. The Kier molecular flexibility index (Phi) is 5.64. The predicted molar refractivity (Wildman–Crippen MR) is 182 cm³/mol. The molecule has 0 saturated heterocycles. The zero-order chi connectivity index (χ0) is 29.0. The summed E-state index contributed by atoms with van der Waals surface area (Å²) in [5, 5.41) is 4.86. The Labute approximate surface area is 256 Å². The highest BCUT2D eigenvalue weighted by Gasteiger charge is 2.18. The summed E-state index contributed by atoms with van der Waals surface area (Å²) >= 11 is 1.83. The fraction of sp³-hybridized carbons (Fsp3) is 0. The van der Waals surface area contributed by atoms with Gasteiger partial charge in [0, 0.05) is 53.2 Å². The molecular formula is C39H23N3OS. The van der Waals surface area contributed by atoms with Crippen LogP contribution in [0.3, 0.4) is 0 Å². The number of para-hydroxylation sites is 1. The average Bonchev–Trinajstić information content (AvgIpc) is 3.67. The molecule has 3 aromatic heterocycles. The molecule has 0 atom stereocenters. The molecule has 0 saturated carbocycles. The number of hydrogen-bond acceptors (Lipinski definition) is 5. The summed E-state index contributed by atoms with van der Waals surface area (Å²) in [6, 6.07) is 47.9. The lowest BCUT2D eigenvalue weighted by molar-refractivity contribution is 0.670. The maximum absolute atomic E-state index is 6.58. The zero-order valence-corrected chi connectivity index (χ0v) is 24.3. The zero-order valence-electron chi connectivity index (χ0n) is 23.4. The highest BCUT2D eigenvalue weighted by molar-refractivity contribution is 7.26. The first-order valence-electron chi connectivity index (χ1n) is 14.5. The van der Waals surface area contributed by atoms with Crippen molar-refractivity contribution in [1.29, 1.82) is 0 Å². The van der Waals surface area contributed by atoms with Crippen molar-refractivity contribution in [2.24, 2.45) is 0 Å². The van der Waals surface area contributed by atoms with Gasteiger partial charge in [0.05, 0.1) is 0 Å². The molecule has 0 unspecified atom stereocenters. The maximum Gasteiger partial charge on any atom is 0.164 e. The Morgan fingerprint density at radius 2 is 0.977 bits per heavy atom. The van der Waals surface area contributed by atoms with Crippen LogP contribution in [0.4, 0.5) is 0 Å². The number of aromatic nitrogens is 3. The average molecular weight is 582 g/mol. The van der Waals surface area contributed by atoms with Crippen LogP contribution in [-0.2, 0) is 0 Å². The summed E-state index contributed by atoms with van der Waals surface area (Å²) < 4.78 is 9.15. The van der Waals surface area contributed by atoms with Crippen molar-refractivity contribution in [1.82, 2.24) is 15.0 Å². The second-order valence-corrected chi connectivity index (χ2v) is 11.9. The van der Waals surface area contributed by atoms with Crippen LogP contribution in [0.25, 0.3) is 87.4 Å². The first-order chi connectivity index (χ1) is 21.8. The van der Waals surface area contributed by atoms with E-state index in [0.717, 1.165) is 44.4 Å². The minimum atomic E-state index is 0.637. The van der Waals surface area contributed by atoms with Crippen molar-refractivity contribution in [2.75, 3.05) is 0 Å². The molecule has 6 aromatic carbocycles. The van der Waals surface area contributed by atoms with E-state index in [2.05, 4.69) is 78.9 Å². The third-order valence-electron chi connectivity index (χ3n) is 8.16. The standard InChI is InChI=1S/C39H23N3OS/c1-3-10-25(11-4-1)37-40-38(26-12-5-2-6-13-26)42-39(41-37)27-20-18-24(19-21-27)28-15-9-16-30-34-31(43-36(28)30)22-23-33-35(34)29-14-7-8-17-32(29)44-33/h1-23H. The van der Waals surface area contributed by atoms with Crippen molar-refractivity contribution >= 4 is 53.4 Å². The molecule has 4 nitrogen and oxygen atoms in total. The first-order valence-corrected chi connectivity index (χ1v) is 15.3. The number of hydrogen-bond donors (Lipinski definition) is 0. The van der Waals surface area contributed by atoms with Gasteiger partial charge in [-0.2, -0.15) is 0 Å². The Morgan fingerprint density at radius 3 is 1.66 bits per heavy atom. The molecule has 3 heterocycles. The van der Waals surface area contributed by atoms with Crippen LogP contribution in [0.2, 0.25) is 0 Å². The summed E-state index contributed by atoms with van der Waals surface area (Å²) in [7, 11) is 0. The Bertz CT molecular complexity index is 2420. The molecule has 0 N–H and O–H groups in total. The van der Waals surface area contributed by atoms with Gasteiger partial charge >= 0.3 is 0 Å². The number of rotatable bonds is 4. The summed E-state index contributed by atoms with van der Waals surface area (Å²) in [4.78, 5) is 14.6. The topological polar surface area (TPSA) is 51.8 Å². The van der Waals surface area contributed by atoms with Gasteiger partial charge in [-0.15, -0.1) is 11.3 Å². The van der Waals surface area contributed by atoms with Crippen LogP contribution in [0.5, 0.6) is 0 Å². The fourth-order valence-corrected chi connectivity index (χ4v) is 7.18. The summed E-state index contributed by atoms with van der Waals surface area (Å²) in [5.41, 5.74) is 6.77. The van der Waals surface area contributed by atoms with Gasteiger partial charge in [0.15, 0.2) is 17.5 Å². The summed E-state index contributed by atoms with van der Waals surface area (Å²) in [5.74, 6) is 1.94. The molecule has 5 heteroatoms. The van der Waals surface area contributed by atoms with Crippen molar-refractivity contribution in [3.63, 3.8) is 0 Å². The molecule has 9 rings (SSSR count). The number of nitrogens with zero attached hydrogens (tertiary/aromatic N) is 3. The quantitative estimate of drug-likeness (QED) is 0.207. The van der Waals surface area contributed by atoms with Gasteiger partial charge in [0.25, 0.3) is 0 Å². The molecule has 0 aliphatic carbocycles. The molecule has 0 spiro atoms. The first kappa shape index (κ1) is 24.9. The van der Waals surface area contributed by atoms with E-state index in [1.807, 2.05) is 72.0 Å². The second-order valence-electron chi connectivity index (χ2n) is 10.8. The van der Waals surface area contributed by atoms with E-state index in [0.29, 0.717) is 17.5 Å².